The first-order valence-corrected chi connectivity index (χ1v) is 10.2. The molecule has 1 aliphatic heterocycles. The Balaban J connectivity index is 1.52. The summed E-state index contributed by atoms with van der Waals surface area (Å²) >= 11 is 1.38. The Kier molecular flexibility index (Phi) is 6.22. The lowest BCUT2D eigenvalue weighted by Crippen LogP contribution is -2.46. The fourth-order valence-electron chi connectivity index (χ4n) is 4.17. The molecule has 1 atom stereocenters. The molecule has 26 heavy (non-hydrogen) atoms. The second-order valence-corrected chi connectivity index (χ2v) is 8.39. The summed E-state index contributed by atoms with van der Waals surface area (Å²) in [6, 6.07) is -0.0472. The smallest absolute Gasteiger partial charge is 0.349 e. The van der Waals surface area contributed by atoms with Crippen molar-refractivity contribution in [2.45, 2.75) is 63.6 Å². The van der Waals surface area contributed by atoms with Gasteiger partial charge in [0.2, 0.25) is 0 Å². The molecule has 0 spiro atoms. The van der Waals surface area contributed by atoms with Crippen molar-refractivity contribution in [3.8, 4) is 0 Å². The molecule has 3 rings (SSSR count). The van der Waals surface area contributed by atoms with Crippen molar-refractivity contribution < 1.29 is 18.0 Å². The number of alkyl halides is 3. The second-order valence-electron chi connectivity index (χ2n) is 7.54. The summed E-state index contributed by atoms with van der Waals surface area (Å²) in [4.78, 5) is 19.3. The third-order valence-corrected chi connectivity index (χ3v) is 6.49. The van der Waals surface area contributed by atoms with Crippen LogP contribution in [0.15, 0.2) is 5.51 Å². The zero-order valence-corrected chi connectivity index (χ0v) is 15.8. The SMILES string of the molecule is CC(NC(=O)c1scnc1C1CCCC1)C1CCN(CC(F)(F)F)CC1. The van der Waals surface area contributed by atoms with Gasteiger partial charge in [-0.1, -0.05) is 12.8 Å². The average Bonchev–Trinajstić information content (AvgIpc) is 3.25. The first-order valence-electron chi connectivity index (χ1n) is 9.37. The van der Waals surface area contributed by atoms with E-state index in [0.717, 1.165) is 18.5 Å². The minimum atomic E-state index is -4.14. The number of carbonyl (C=O) groups is 1. The van der Waals surface area contributed by atoms with Gasteiger partial charge in [0, 0.05) is 12.0 Å². The highest BCUT2D eigenvalue weighted by Gasteiger charge is 2.34. The number of piperidine rings is 1. The van der Waals surface area contributed by atoms with Gasteiger partial charge < -0.3 is 5.32 Å². The Labute approximate surface area is 156 Å². The lowest BCUT2D eigenvalue weighted by Gasteiger charge is -2.35. The van der Waals surface area contributed by atoms with Crippen molar-refractivity contribution in [1.29, 1.82) is 0 Å². The van der Waals surface area contributed by atoms with Crippen LogP contribution in [0, 0.1) is 5.92 Å². The van der Waals surface area contributed by atoms with Crippen molar-refractivity contribution in [2.75, 3.05) is 19.6 Å². The van der Waals surface area contributed by atoms with E-state index < -0.39 is 12.7 Å². The van der Waals surface area contributed by atoms with Crippen LogP contribution >= 0.6 is 11.3 Å². The molecule has 8 heteroatoms. The van der Waals surface area contributed by atoms with Crippen molar-refractivity contribution in [3.05, 3.63) is 16.1 Å². The number of halogens is 3. The van der Waals surface area contributed by atoms with Gasteiger partial charge in [-0.25, -0.2) is 4.98 Å². The fourth-order valence-corrected chi connectivity index (χ4v) is 4.95. The highest BCUT2D eigenvalue weighted by atomic mass is 32.1. The first-order chi connectivity index (χ1) is 12.3. The van der Waals surface area contributed by atoms with Crippen LogP contribution in [0.2, 0.25) is 0 Å². The van der Waals surface area contributed by atoms with E-state index in [1.54, 1.807) is 5.51 Å². The van der Waals surface area contributed by atoms with Crippen molar-refractivity contribution in [2.24, 2.45) is 5.92 Å². The van der Waals surface area contributed by atoms with Gasteiger partial charge >= 0.3 is 6.18 Å². The van der Waals surface area contributed by atoms with Gasteiger partial charge in [-0.15, -0.1) is 11.3 Å². The zero-order chi connectivity index (χ0) is 18.7. The fraction of sp³-hybridized carbons (Fsp3) is 0.778. The van der Waals surface area contributed by atoms with Gasteiger partial charge in [0.1, 0.15) is 4.88 Å². The third-order valence-electron chi connectivity index (χ3n) is 5.64. The Hall–Kier alpha value is -1.15. The van der Waals surface area contributed by atoms with E-state index in [9.17, 15) is 18.0 Å². The molecule has 2 aliphatic rings. The summed E-state index contributed by atoms with van der Waals surface area (Å²) < 4.78 is 37.5. The predicted octanol–water partition coefficient (Wildman–Crippen LogP) is 4.19. The summed E-state index contributed by atoms with van der Waals surface area (Å²) in [5, 5.41) is 3.07. The summed E-state index contributed by atoms with van der Waals surface area (Å²) in [7, 11) is 0. The van der Waals surface area contributed by atoms with E-state index in [0.29, 0.717) is 36.7 Å². The predicted molar refractivity (Wildman–Crippen MR) is 95.5 cm³/mol. The molecule has 1 N–H and O–H groups in total. The summed E-state index contributed by atoms with van der Waals surface area (Å²) in [5.74, 6) is 0.522. The Morgan fingerprint density at radius 3 is 2.58 bits per heavy atom. The molecule has 2 heterocycles. The summed E-state index contributed by atoms with van der Waals surface area (Å²) in [6.07, 6.45) is 1.78. The van der Waals surface area contributed by atoms with E-state index in [1.165, 1.54) is 29.1 Å². The average molecular weight is 389 g/mol. The van der Waals surface area contributed by atoms with E-state index in [-0.39, 0.29) is 17.9 Å². The van der Waals surface area contributed by atoms with Crippen LogP contribution in [0.1, 0.15) is 66.7 Å². The maximum Gasteiger partial charge on any atom is 0.401 e. The molecule has 146 valence electrons. The summed E-state index contributed by atoms with van der Waals surface area (Å²) in [6.45, 7) is 1.97. The van der Waals surface area contributed by atoms with Crippen molar-refractivity contribution in [1.82, 2.24) is 15.2 Å². The number of thiazole rings is 1. The number of hydrogen-bond acceptors (Lipinski definition) is 4. The maximum atomic E-state index is 12.7. The number of aromatic nitrogens is 1. The molecule has 1 aliphatic carbocycles. The lowest BCUT2D eigenvalue weighted by molar-refractivity contribution is -0.148. The van der Waals surface area contributed by atoms with Gasteiger partial charge in [0.05, 0.1) is 17.7 Å². The van der Waals surface area contributed by atoms with E-state index in [4.69, 9.17) is 0 Å². The van der Waals surface area contributed by atoms with Crippen LogP contribution in [0.3, 0.4) is 0 Å². The van der Waals surface area contributed by atoms with Crippen LogP contribution < -0.4 is 5.32 Å². The monoisotopic (exact) mass is 389 g/mol. The molecule has 1 unspecified atom stereocenters. The molecule has 1 aromatic rings. The van der Waals surface area contributed by atoms with E-state index in [1.807, 2.05) is 6.92 Å². The molecule has 1 saturated heterocycles. The van der Waals surface area contributed by atoms with Crippen LogP contribution in [0.5, 0.6) is 0 Å². The number of nitrogens with zero attached hydrogens (tertiary/aromatic N) is 2. The minimum absolute atomic E-state index is 0.0472. The second kappa shape index (κ2) is 8.25. The molecule has 1 saturated carbocycles. The minimum Gasteiger partial charge on any atom is -0.349 e. The van der Waals surface area contributed by atoms with Gasteiger partial charge in [-0.05, 0) is 51.6 Å². The summed E-state index contributed by atoms with van der Waals surface area (Å²) in [5.41, 5.74) is 2.67. The van der Waals surface area contributed by atoms with Gasteiger partial charge in [0.15, 0.2) is 0 Å². The van der Waals surface area contributed by atoms with Crippen molar-refractivity contribution in [3.63, 3.8) is 0 Å². The molecular formula is C18H26F3N3OS. The lowest BCUT2D eigenvalue weighted by atomic mass is 9.90. The molecular weight excluding hydrogens is 363 g/mol. The van der Waals surface area contributed by atoms with Crippen LogP contribution in [-0.2, 0) is 0 Å². The number of likely N-dealkylation sites (tertiary alicyclic amines) is 1. The van der Waals surface area contributed by atoms with Crippen LogP contribution in [0.25, 0.3) is 0 Å². The Morgan fingerprint density at radius 1 is 1.31 bits per heavy atom. The van der Waals surface area contributed by atoms with E-state index in [2.05, 4.69) is 10.3 Å². The zero-order valence-electron chi connectivity index (χ0n) is 15.0. The molecule has 4 nitrogen and oxygen atoms in total. The molecule has 2 fully saturated rings. The van der Waals surface area contributed by atoms with Gasteiger partial charge in [-0.3, -0.25) is 9.69 Å². The molecule has 0 bridgehead atoms. The normalized spacial score (nSPS) is 21.8. The number of rotatable bonds is 5. The maximum absolute atomic E-state index is 12.7. The van der Waals surface area contributed by atoms with Gasteiger partial charge in [0.25, 0.3) is 5.91 Å². The molecule has 0 aromatic carbocycles. The van der Waals surface area contributed by atoms with E-state index >= 15 is 0 Å². The van der Waals surface area contributed by atoms with Crippen molar-refractivity contribution >= 4 is 17.2 Å². The first kappa shape index (κ1) is 19.6. The van der Waals surface area contributed by atoms with Gasteiger partial charge in [-0.2, -0.15) is 13.2 Å². The highest BCUT2D eigenvalue weighted by molar-refractivity contribution is 7.11. The molecule has 1 aromatic heterocycles. The number of hydrogen-bond donors (Lipinski definition) is 1. The number of carbonyl (C=O) groups excluding carboxylic acids is 1. The Bertz CT molecular complexity index is 605. The Morgan fingerprint density at radius 2 is 1.96 bits per heavy atom. The highest BCUT2D eigenvalue weighted by Crippen LogP contribution is 2.36. The largest absolute Gasteiger partial charge is 0.401 e. The number of amides is 1. The van der Waals surface area contributed by atoms with Crippen LogP contribution in [0.4, 0.5) is 13.2 Å². The number of nitrogens with one attached hydrogen (secondary N) is 1. The topological polar surface area (TPSA) is 45.2 Å². The van der Waals surface area contributed by atoms with Crippen LogP contribution in [-0.4, -0.2) is 47.6 Å². The standard InChI is InChI=1S/C18H26F3N3OS/c1-12(13-6-8-24(9-7-13)10-18(19,20)21)23-17(25)16-15(22-11-26-16)14-4-2-3-5-14/h11-14H,2-10H2,1H3,(H,23,25). The third kappa shape index (κ3) is 4.97. The molecule has 0 radical (unpaired) electrons. The molecule has 1 amide bonds. The quantitative estimate of drug-likeness (QED) is 0.821.